The van der Waals surface area contributed by atoms with E-state index < -0.39 is 0 Å². The minimum atomic E-state index is -0.148. The molecule has 0 spiro atoms. The molecule has 0 aliphatic heterocycles. The van der Waals surface area contributed by atoms with E-state index in [-0.39, 0.29) is 5.91 Å². The molecule has 0 bridgehead atoms. The highest BCUT2D eigenvalue weighted by Gasteiger charge is 2.12. The van der Waals surface area contributed by atoms with Crippen molar-refractivity contribution in [2.75, 3.05) is 7.11 Å². The second-order valence-corrected chi connectivity index (χ2v) is 5.05. The SMILES string of the molecule is COc1cc(Br)ccc1C(=O)NCc1cccn1C. The maximum atomic E-state index is 12.1. The Bertz CT molecular complexity index is 593. The average Bonchev–Trinajstić information content (AvgIpc) is 2.81. The van der Waals surface area contributed by atoms with Gasteiger partial charge in [0.1, 0.15) is 5.75 Å². The highest BCUT2D eigenvalue weighted by atomic mass is 79.9. The first-order chi connectivity index (χ1) is 9.11. The molecular formula is C14H15BrN2O2. The van der Waals surface area contributed by atoms with Crippen LogP contribution in [0.1, 0.15) is 16.1 Å². The van der Waals surface area contributed by atoms with Crippen molar-refractivity contribution in [1.29, 1.82) is 0 Å². The van der Waals surface area contributed by atoms with Crippen LogP contribution >= 0.6 is 15.9 Å². The smallest absolute Gasteiger partial charge is 0.255 e. The molecule has 0 fully saturated rings. The van der Waals surface area contributed by atoms with Crippen LogP contribution in [-0.4, -0.2) is 17.6 Å². The molecule has 2 rings (SSSR count). The van der Waals surface area contributed by atoms with Crippen LogP contribution in [0.25, 0.3) is 0 Å². The fourth-order valence-electron chi connectivity index (χ4n) is 1.80. The summed E-state index contributed by atoms with van der Waals surface area (Å²) in [5.74, 6) is 0.407. The summed E-state index contributed by atoms with van der Waals surface area (Å²) >= 11 is 3.35. The van der Waals surface area contributed by atoms with E-state index in [0.717, 1.165) is 10.2 Å². The minimum Gasteiger partial charge on any atom is -0.496 e. The lowest BCUT2D eigenvalue weighted by atomic mass is 10.2. The van der Waals surface area contributed by atoms with Crippen LogP contribution in [0.2, 0.25) is 0 Å². The Morgan fingerprint density at radius 1 is 1.42 bits per heavy atom. The molecule has 100 valence electrons. The van der Waals surface area contributed by atoms with Crippen LogP contribution < -0.4 is 10.1 Å². The number of aryl methyl sites for hydroxylation is 1. The number of hydrogen-bond donors (Lipinski definition) is 1. The number of methoxy groups -OCH3 is 1. The second kappa shape index (κ2) is 5.93. The molecule has 0 unspecified atom stereocenters. The highest BCUT2D eigenvalue weighted by Crippen LogP contribution is 2.23. The molecule has 4 nitrogen and oxygen atoms in total. The van der Waals surface area contributed by atoms with Gasteiger partial charge in [-0.05, 0) is 30.3 Å². The Morgan fingerprint density at radius 2 is 2.21 bits per heavy atom. The number of rotatable bonds is 4. The fraction of sp³-hybridized carbons (Fsp3) is 0.214. The second-order valence-electron chi connectivity index (χ2n) is 4.14. The van der Waals surface area contributed by atoms with Crippen molar-refractivity contribution in [3.05, 3.63) is 52.3 Å². The Labute approximate surface area is 120 Å². The molecular weight excluding hydrogens is 308 g/mol. The highest BCUT2D eigenvalue weighted by molar-refractivity contribution is 9.10. The number of aromatic nitrogens is 1. The van der Waals surface area contributed by atoms with Crippen LogP contribution in [0.4, 0.5) is 0 Å². The summed E-state index contributed by atoms with van der Waals surface area (Å²) in [5, 5.41) is 2.88. The van der Waals surface area contributed by atoms with Crippen molar-refractivity contribution in [3.8, 4) is 5.75 Å². The summed E-state index contributed by atoms with van der Waals surface area (Å²) in [4.78, 5) is 12.1. The molecule has 0 atom stereocenters. The lowest BCUT2D eigenvalue weighted by Gasteiger charge is -2.10. The van der Waals surface area contributed by atoms with Crippen molar-refractivity contribution in [1.82, 2.24) is 9.88 Å². The summed E-state index contributed by atoms with van der Waals surface area (Å²) in [7, 11) is 3.50. The standard InChI is InChI=1S/C14H15BrN2O2/c1-17-7-3-4-11(17)9-16-14(18)12-6-5-10(15)8-13(12)19-2/h3-8H,9H2,1-2H3,(H,16,18). The summed E-state index contributed by atoms with van der Waals surface area (Å²) < 4.78 is 8.06. The Morgan fingerprint density at radius 3 is 2.84 bits per heavy atom. The van der Waals surface area contributed by atoms with Gasteiger partial charge in [-0.3, -0.25) is 4.79 Å². The number of halogens is 1. The molecule has 1 amide bonds. The van der Waals surface area contributed by atoms with Gasteiger partial charge in [0, 0.05) is 23.4 Å². The number of amides is 1. The van der Waals surface area contributed by atoms with E-state index in [0.29, 0.717) is 17.9 Å². The summed E-state index contributed by atoms with van der Waals surface area (Å²) in [6, 6.07) is 9.25. The van der Waals surface area contributed by atoms with Gasteiger partial charge in [0.05, 0.1) is 19.2 Å². The van der Waals surface area contributed by atoms with E-state index in [1.54, 1.807) is 19.2 Å². The van der Waals surface area contributed by atoms with E-state index in [1.165, 1.54) is 0 Å². The normalized spacial score (nSPS) is 10.3. The number of hydrogen-bond acceptors (Lipinski definition) is 2. The van der Waals surface area contributed by atoms with E-state index >= 15 is 0 Å². The van der Waals surface area contributed by atoms with Crippen LogP contribution in [0.15, 0.2) is 41.0 Å². The molecule has 0 radical (unpaired) electrons. The number of ether oxygens (including phenoxy) is 1. The van der Waals surface area contributed by atoms with Crippen molar-refractivity contribution < 1.29 is 9.53 Å². The predicted molar refractivity (Wildman–Crippen MR) is 77.3 cm³/mol. The molecule has 1 aromatic heterocycles. The maximum absolute atomic E-state index is 12.1. The van der Waals surface area contributed by atoms with Gasteiger partial charge >= 0.3 is 0 Å². The van der Waals surface area contributed by atoms with Gasteiger partial charge in [0.15, 0.2) is 0 Å². The average molecular weight is 323 g/mol. The summed E-state index contributed by atoms with van der Waals surface area (Å²) in [6.45, 7) is 0.488. The van der Waals surface area contributed by atoms with Crippen molar-refractivity contribution >= 4 is 21.8 Å². The molecule has 1 N–H and O–H groups in total. The quantitative estimate of drug-likeness (QED) is 0.940. The van der Waals surface area contributed by atoms with E-state index in [4.69, 9.17) is 4.74 Å². The van der Waals surface area contributed by atoms with Crippen LogP contribution in [0.5, 0.6) is 5.75 Å². The third-order valence-electron chi connectivity index (χ3n) is 2.89. The Hall–Kier alpha value is -1.75. The zero-order chi connectivity index (χ0) is 13.8. The first-order valence-electron chi connectivity index (χ1n) is 5.83. The molecule has 5 heteroatoms. The topological polar surface area (TPSA) is 43.3 Å². The molecule has 0 aliphatic carbocycles. The number of nitrogens with zero attached hydrogens (tertiary/aromatic N) is 1. The van der Waals surface area contributed by atoms with Crippen LogP contribution in [-0.2, 0) is 13.6 Å². The van der Waals surface area contributed by atoms with Gasteiger partial charge in [-0.1, -0.05) is 15.9 Å². The largest absolute Gasteiger partial charge is 0.496 e. The number of carbonyl (C=O) groups is 1. The van der Waals surface area contributed by atoms with Gasteiger partial charge in [0.2, 0.25) is 0 Å². The van der Waals surface area contributed by atoms with Gasteiger partial charge in [0.25, 0.3) is 5.91 Å². The molecule has 0 saturated carbocycles. The van der Waals surface area contributed by atoms with Crippen molar-refractivity contribution in [2.45, 2.75) is 6.54 Å². The summed E-state index contributed by atoms with van der Waals surface area (Å²) in [5.41, 5.74) is 1.57. The lowest BCUT2D eigenvalue weighted by molar-refractivity contribution is 0.0947. The van der Waals surface area contributed by atoms with Crippen LogP contribution in [0.3, 0.4) is 0 Å². The minimum absolute atomic E-state index is 0.148. The Kier molecular flexibility index (Phi) is 4.27. The molecule has 0 saturated heterocycles. The number of carbonyl (C=O) groups excluding carboxylic acids is 1. The molecule has 1 aromatic carbocycles. The number of nitrogens with one attached hydrogen (secondary N) is 1. The third kappa shape index (κ3) is 3.17. The van der Waals surface area contributed by atoms with Crippen molar-refractivity contribution in [3.63, 3.8) is 0 Å². The number of benzene rings is 1. The van der Waals surface area contributed by atoms with Gasteiger partial charge in [-0.2, -0.15) is 0 Å². The monoisotopic (exact) mass is 322 g/mol. The molecule has 1 heterocycles. The fourth-order valence-corrected chi connectivity index (χ4v) is 2.14. The zero-order valence-electron chi connectivity index (χ0n) is 10.8. The maximum Gasteiger partial charge on any atom is 0.255 e. The van der Waals surface area contributed by atoms with E-state index in [9.17, 15) is 4.79 Å². The van der Waals surface area contributed by atoms with E-state index in [2.05, 4.69) is 21.2 Å². The van der Waals surface area contributed by atoms with Crippen LogP contribution in [0, 0.1) is 0 Å². The predicted octanol–water partition coefficient (Wildman–Crippen LogP) is 2.73. The van der Waals surface area contributed by atoms with Crippen molar-refractivity contribution in [2.24, 2.45) is 7.05 Å². The molecule has 19 heavy (non-hydrogen) atoms. The molecule has 0 aliphatic rings. The van der Waals surface area contributed by atoms with Gasteiger partial charge < -0.3 is 14.6 Å². The third-order valence-corrected chi connectivity index (χ3v) is 3.38. The first kappa shape index (κ1) is 13.7. The Balaban J connectivity index is 2.10. The van der Waals surface area contributed by atoms with Gasteiger partial charge in [-0.15, -0.1) is 0 Å². The first-order valence-corrected chi connectivity index (χ1v) is 6.63. The lowest BCUT2D eigenvalue weighted by Crippen LogP contribution is -2.24. The van der Waals surface area contributed by atoms with E-state index in [1.807, 2.05) is 36.0 Å². The molecule has 2 aromatic rings. The van der Waals surface area contributed by atoms with Gasteiger partial charge in [-0.25, -0.2) is 0 Å². The summed E-state index contributed by atoms with van der Waals surface area (Å²) in [6.07, 6.45) is 1.95. The zero-order valence-corrected chi connectivity index (χ0v) is 12.4.